The minimum absolute atomic E-state index is 0.219. The molecule has 1 heterocycles. The summed E-state index contributed by atoms with van der Waals surface area (Å²) >= 11 is 5.35. The normalized spacial score (nSPS) is 16.2. The van der Waals surface area contributed by atoms with Crippen LogP contribution in [-0.2, 0) is 4.84 Å². The topological polar surface area (TPSA) is 51.0 Å². The molecule has 90 valence electrons. The van der Waals surface area contributed by atoms with Gasteiger partial charge in [-0.25, -0.2) is 0 Å². The molecule has 0 atom stereocenters. The molecule has 0 radical (unpaired) electrons. The standard InChI is InChI=1S/C12H12ClNO3/c1-8-11(15)4-3-9-10(7-16-12(8)9)14-17-6-2-5-13/h2-5,15H,6-7H2,1H3/b5-2+,14-10+. The first-order valence-corrected chi connectivity index (χ1v) is 5.57. The number of phenols is 1. The van der Waals surface area contributed by atoms with Crippen molar-refractivity contribution in [2.45, 2.75) is 6.92 Å². The highest BCUT2D eigenvalue weighted by atomic mass is 35.5. The highest BCUT2D eigenvalue weighted by molar-refractivity contribution is 6.25. The molecule has 5 heteroatoms. The molecule has 0 amide bonds. The number of halogens is 1. The molecule has 0 aliphatic carbocycles. The minimum Gasteiger partial charge on any atom is -0.508 e. The molecule has 0 bridgehead atoms. The van der Waals surface area contributed by atoms with Gasteiger partial charge in [0, 0.05) is 16.7 Å². The molecule has 4 nitrogen and oxygen atoms in total. The lowest BCUT2D eigenvalue weighted by Crippen LogP contribution is -2.03. The van der Waals surface area contributed by atoms with Crippen LogP contribution in [0.2, 0.25) is 0 Å². The summed E-state index contributed by atoms with van der Waals surface area (Å²) in [6.07, 6.45) is 1.64. The van der Waals surface area contributed by atoms with Crippen LogP contribution in [0.5, 0.6) is 11.5 Å². The molecule has 1 aromatic rings. The van der Waals surface area contributed by atoms with E-state index in [0.29, 0.717) is 30.2 Å². The molecular formula is C12H12ClNO3. The van der Waals surface area contributed by atoms with Crippen molar-refractivity contribution in [3.05, 3.63) is 34.9 Å². The van der Waals surface area contributed by atoms with Crippen molar-refractivity contribution in [3.63, 3.8) is 0 Å². The Hall–Kier alpha value is -1.68. The highest BCUT2D eigenvalue weighted by Crippen LogP contribution is 2.34. The lowest BCUT2D eigenvalue weighted by molar-refractivity contribution is 0.173. The van der Waals surface area contributed by atoms with Gasteiger partial charge in [0.05, 0.1) is 0 Å². The fraction of sp³-hybridized carbons (Fsp3) is 0.250. The maximum absolute atomic E-state index is 9.54. The average Bonchev–Trinajstić information content (AvgIpc) is 2.73. The fourth-order valence-corrected chi connectivity index (χ4v) is 1.66. The van der Waals surface area contributed by atoms with E-state index in [1.54, 1.807) is 25.1 Å². The first-order valence-electron chi connectivity index (χ1n) is 5.14. The number of ether oxygens (including phenoxy) is 1. The molecule has 0 saturated heterocycles. The Balaban J connectivity index is 2.20. The maximum Gasteiger partial charge on any atom is 0.136 e. The van der Waals surface area contributed by atoms with Crippen LogP contribution in [0.25, 0.3) is 0 Å². The smallest absolute Gasteiger partial charge is 0.136 e. The Labute approximate surface area is 104 Å². The monoisotopic (exact) mass is 253 g/mol. The number of fused-ring (bicyclic) bond motifs is 1. The van der Waals surface area contributed by atoms with Gasteiger partial charge in [-0.15, -0.1) is 0 Å². The van der Waals surface area contributed by atoms with Crippen molar-refractivity contribution in [2.75, 3.05) is 13.2 Å². The predicted molar refractivity (Wildman–Crippen MR) is 65.8 cm³/mol. The third-order valence-corrected chi connectivity index (χ3v) is 2.65. The Morgan fingerprint density at radius 1 is 1.59 bits per heavy atom. The van der Waals surface area contributed by atoms with Crippen LogP contribution in [0, 0.1) is 6.92 Å². The Bertz CT molecular complexity index is 483. The number of rotatable bonds is 3. The molecule has 1 N–H and O–H groups in total. The number of benzene rings is 1. The molecule has 1 aromatic carbocycles. The van der Waals surface area contributed by atoms with Gasteiger partial charge in [-0.1, -0.05) is 16.8 Å². The molecular weight excluding hydrogens is 242 g/mol. The fourth-order valence-electron chi connectivity index (χ4n) is 1.58. The van der Waals surface area contributed by atoms with Crippen molar-refractivity contribution >= 4 is 17.3 Å². The van der Waals surface area contributed by atoms with E-state index in [9.17, 15) is 5.11 Å². The second-order valence-corrected chi connectivity index (χ2v) is 3.82. The Morgan fingerprint density at radius 2 is 2.41 bits per heavy atom. The van der Waals surface area contributed by atoms with Gasteiger partial charge < -0.3 is 14.7 Å². The highest BCUT2D eigenvalue weighted by Gasteiger charge is 2.23. The summed E-state index contributed by atoms with van der Waals surface area (Å²) in [5, 5.41) is 13.5. The van der Waals surface area contributed by atoms with Crippen molar-refractivity contribution in [1.29, 1.82) is 0 Å². The third kappa shape index (κ3) is 2.36. The largest absolute Gasteiger partial charge is 0.508 e. The van der Waals surface area contributed by atoms with E-state index < -0.39 is 0 Å². The van der Waals surface area contributed by atoms with E-state index in [2.05, 4.69) is 5.16 Å². The van der Waals surface area contributed by atoms with Crippen LogP contribution in [0.3, 0.4) is 0 Å². The van der Waals surface area contributed by atoms with Crippen LogP contribution in [0.15, 0.2) is 28.9 Å². The summed E-state index contributed by atoms with van der Waals surface area (Å²) in [5.41, 5.74) is 3.66. The summed E-state index contributed by atoms with van der Waals surface area (Å²) in [6, 6.07) is 3.39. The minimum atomic E-state index is 0.219. The van der Waals surface area contributed by atoms with Crippen LogP contribution in [0.4, 0.5) is 0 Å². The molecule has 0 saturated carbocycles. The summed E-state index contributed by atoms with van der Waals surface area (Å²) in [6.45, 7) is 2.47. The summed E-state index contributed by atoms with van der Waals surface area (Å²) in [5.74, 6) is 0.885. The van der Waals surface area contributed by atoms with E-state index in [0.717, 1.165) is 5.56 Å². The molecule has 0 spiro atoms. The van der Waals surface area contributed by atoms with Gasteiger partial charge in [-0.2, -0.15) is 0 Å². The van der Waals surface area contributed by atoms with Crippen molar-refractivity contribution in [1.82, 2.24) is 0 Å². The van der Waals surface area contributed by atoms with Crippen molar-refractivity contribution in [3.8, 4) is 11.5 Å². The SMILES string of the molecule is Cc1c(O)ccc2c1OC/C2=N\OC/C=C/Cl. The van der Waals surface area contributed by atoms with E-state index >= 15 is 0 Å². The zero-order valence-corrected chi connectivity index (χ0v) is 10.1. The first kappa shape index (κ1) is 11.8. The van der Waals surface area contributed by atoms with Gasteiger partial charge in [0.1, 0.15) is 30.4 Å². The lowest BCUT2D eigenvalue weighted by atomic mass is 10.1. The lowest BCUT2D eigenvalue weighted by Gasteiger charge is -2.03. The quantitative estimate of drug-likeness (QED) is 0.665. The Kier molecular flexibility index (Phi) is 3.54. The number of aromatic hydroxyl groups is 1. The number of hydrogen-bond acceptors (Lipinski definition) is 4. The van der Waals surface area contributed by atoms with Gasteiger partial charge in [-0.3, -0.25) is 0 Å². The van der Waals surface area contributed by atoms with E-state index in [1.165, 1.54) is 5.54 Å². The summed E-state index contributed by atoms with van der Waals surface area (Å²) in [7, 11) is 0. The second kappa shape index (κ2) is 5.10. The molecule has 17 heavy (non-hydrogen) atoms. The second-order valence-electron chi connectivity index (χ2n) is 3.57. The van der Waals surface area contributed by atoms with Crippen LogP contribution < -0.4 is 4.74 Å². The van der Waals surface area contributed by atoms with Crippen molar-refractivity contribution < 1.29 is 14.7 Å². The van der Waals surface area contributed by atoms with Crippen LogP contribution in [-0.4, -0.2) is 24.0 Å². The maximum atomic E-state index is 9.54. The Morgan fingerprint density at radius 3 is 3.18 bits per heavy atom. The molecule has 0 aromatic heterocycles. The van der Waals surface area contributed by atoms with Gasteiger partial charge in [0.2, 0.25) is 0 Å². The van der Waals surface area contributed by atoms with Gasteiger partial charge in [-0.05, 0) is 25.1 Å². The zero-order valence-electron chi connectivity index (χ0n) is 9.31. The molecule has 0 unspecified atom stereocenters. The van der Waals surface area contributed by atoms with Gasteiger partial charge in [0.25, 0.3) is 0 Å². The zero-order chi connectivity index (χ0) is 12.3. The number of hydrogen-bond donors (Lipinski definition) is 1. The van der Waals surface area contributed by atoms with E-state index in [-0.39, 0.29) is 5.75 Å². The predicted octanol–water partition coefficient (Wildman–Crippen LogP) is 2.57. The van der Waals surface area contributed by atoms with E-state index in [1.807, 2.05) is 0 Å². The summed E-state index contributed by atoms with van der Waals surface area (Å²) < 4.78 is 5.46. The van der Waals surface area contributed by atoms with Gasteiger partial charge >= 0.3 is 0 Å². The van der Waals surface area contributed by atoms with Crippen LogP contribution >= 0.6 is 11.6 Å². The number of nitrogens with zero attached hydrogens (tertiary/aromatic N) is 1. The van der Waals surface area contributed by atoms with Crippen LogP contribution in [0.1, 0.15) is 11.1 Å². The molecule has 2 rings (SSSR count). The number of oxime groups is 1. The molecule has 1 aliphatic rings. The van der Waals surface area contributed by atoms with E-state index in [4.69, 9.17) is 21.2 Å². The first-order chi connectivity index (χ1) is 8.24. The molecule has 1 aliphatic heterocycles. The van der Waals surface area contributed by atoms with Crippen molar-refractivity contribution in [2.24, 2.45) is 5.16 Å². The average molecular weight is 254 g/mol. The third-order valence-electron chi connectivity index (χ3n) is 2.48. The summed E-state index contributed by atoms with van der Waals surface area (Å²) in [4.78, 5) is 5.06. The molecule has 0 fully saturated rings. The van der Waals surface area contributed by atoms with Gasteiger partial charge in [0.15, 0.2) is 0 Å². The number of phenolic OH excluding ortho intramolecular Hbond substituents is 1.